The second kappa shape index (κ2) is 8.30. The molecule has 0 bridgehead atoms. The number of unbranched alkanes of at least 4 members (excludes halogenated alkanes) is 1. The monoisotopic (exact) mass is 287 g/mol. The van der Waals surface area contributed by atoms with Crippen LogP contribution in [0.4, 0.5) is 13.2 Å². The number of hydrogen-bond acceptors (Lipinski definition) is 1. The Morgan fingerprint density at radius 3 is 2.20 bits per heavy atom. The molecule has 0 amide bonds. The molecule has 4 heteroatoms. The van der Waals surface area contributed by atoms with Crippen molar-refractivity contribution in [1.82, 2.24) is 5.32 Å². The van der Waals surface area contributed by atoms with Gasteiger partial charge >= 0.3 is 0 Å². The van der Waals surface area contributed by atoms with Gasteiger partial charge in [-0.3, -0.25) is 0 Å². The van der Waals surface area contributed by atoms with Crippen LogP contribution in [-0.2, 0) is 0 Å². The minimum absolute atomic E-state index is 0.217. The fourth-order valence-corrected chi connectivity index (χ4v) is 2.60. The van der Waals surface area contributed by atoms with E-state index in [2.05, 4.69) is 12.2 Å². The van der Waals surface area contributed by atoms with Crippen LogP contribution in [0.2, 0.25) is 0 Å². The van der Waals surface area contributed by atoms with Crippen LogP contribution in [0.5, 0.6) is 0 Å². The summed E-state index contributed by atoms with van der Waals surface area (Å²) < 4.78 is 40.4. The minimum atomic E-state index is -1.14. The van der Waals surface area contributed by atoms with E-state index in [0.717, 1.165) is 31.7 Å². The van der Waals surface area contributed by atoms with Gasteiger partial charge in [-0.05, 0) is 24.9 Å². The maximum atomic E-state index is 14.0. The van der Waals surface area contributed by atoms with E-state index in [9.17, 15) is 13.2 Å². The largest absolute Gasteiger partial charge is 0.310 e. The molecule has 0 aliphatic carbocycles. The average molecular weight is 287 g/mol. The zero-order valence-electron chi connectivity index (χ0n) is 12.5. The second-order valence-electron chi connectivity index (χ2n) is 5.13. The van der Waals surface area contributed by atoms with Gasteiger partial charge in [0, 0.05) is 17.7 Å². The van der Waals surface area contributed by atoms with Crippen molar-refractivity contribution < 1.29 is 13.2 Å². The summed E-state index contributed by atoms with van der Waals surface area (Å²) in [6.45, 7) is 6.73. The van der Waals surface area contributed by atoms with Crippen molar-refractivity contribution in [2.45, 2.75) is 52.5 Å². The van der Waals surface area contributed by atoms with Crippen LogP contribution in [0.15, 0.2) is 12.1 Å². The lowest BCUT2D eigenvalue weighted by Crippen LogP contribution is -2.29. The fourth-order valence-electron chi connectivity index (χ4n) is 2.60. The van der Waals surface area contributed by atoms with Gasteiger partial charge in [-0.1, -0.05) is 40.0 Å². The van der Waals surface area contributed by atoms with E-state index in [-0.39, 0.29) is 17.5 Å². The fraction of sp³-hybridized carbons (Fsp3) is 0.625. The molecule has 0 spiro atoms. The lowest BCUT2D eigenvalue weighted by molar-refractivity contribution is 0.318. The highest BCUT2D eigenvalue weighted by Gasteiger charge is 2.25. The van der Waals surface area contributed by atoms with Crippen LogP contribution in [0.25, 0.3) is 0 Å². The lowest BCUT2D eigenvalue weighted by Gasteiger charge is -2.28. The van der Waals surface area contributed by atoms with Gasteiger partial charge in [0.2, 0.25) is 0 Å². The molecule has 1 nitrogen and oxygen atoms in total. The van der Waals surface area contributed by atoms with Crippen LogP contribution in [0.1, 0.15) is 58.1 Å². The van der Waals surface area contributed by atoms with Crippen molar-refractivity contribution in [3.05, 3.63) is 35.1 Å². The Balaban J connectivity index is 3.08. The van der Waals surface area contributed by atoms with Crippen LogP contribution in [-0.4, -0.2) is 6.54 Å². The third-order valence-corrected chi connectivity index (χ3v) is 3.72. The SMILES string of the molecule is CCCCC(CC)C(NCC)c1cc(F)c(F)cc1F. The molecule has 0 fully saturated rings. The van der Waals surface area contributed by atoms with Crippen molar-refractivity contribution in [2.75, 3.05) is 6.54 Å². The van der Waals surface area contributed by atoms with Crippen LogP contribution >= 0.6 is 0 Å². The van der Waals surface area contributed by atoms with E-state index in [4.69, 9.17) is 0 Å². The topological polar surface area (TPSA) is 12.0 Å². The predicted molar refractivity (Wildman–Crippen MR) is 76.0 cm³/mol. The normalized spacial score (nSPS) is 14.3. The van der Waals surface area contributed by atoms with Gasteiger partial charge < -0.3 is 5.32 Å². The Morgan fingerprint density at radius 1 is 1.00 bits per heavy atom. The van der Waals surface area contributed by atoms with E-state index in [1.165, 1.54) is 0 Å². The number of hydrogen-bond donors (Lipinski definition) is 1. The molecular formula is C16H24F3N. The lowest BCUT2D eigenvalue weighted by atomic mass is 9.86. The molecule has 2 atom stereocenters. The summed E-state index contributed by atoms with van der Waals surface area (Å²) >= 11 is 0. The predicted octanol–water partition coefficient (Wildman–Crippen LogP) is 4.97. The van der Waals surface area contributed by atoms with E-state index >= 15 is 0 Å². The third-order valence-electron chi connectivity index (χ3n) is 3.72. The van der Waals surface area contributed by atoms with Gasteiger partial charge in [0.15, 0.2) is 11.6 Å². The summed E-state index contributed by atoms with van der Waals surface area (Å²) in [5.41, 5.74) is 0.230. The first-order chi connectivity index (χ1) is 9.54. The molecule has 0 radical (unpaired) electrons. The molecule has 114 valence electrons. The molecule has 0 saturated heterocycles. The first-order valence-corrected chi connectivity index (χ1v) is 7.42. The van der Waals surface area contributed by atoms with Crippen molar-refractivity contribution in [3.63, 3.8) is 0 Å². The zero-order valence-corrected chi connectivity index (χ0v) is 12.5. The molecule has 0 aliphatic rings. The van der Waals surface area contributed by atoms with Crippen LogP contribution in [0, 0.1) is 23.4 Å². The summed E-state index contributed by atoms with van der Waals surface area (Å²) in [5.74, 6) is -2.59. The number of halogens is 3. The van der Waals surface area contributed by atoms with Gasteiger partial charge in [-0.25, -0.2) is 13.2 Å². The van der Waals surface area contributed by atoms with E-state index < -0.39 is 17.5 Å². The van der Waals surface area contributed by atoms with Gasteiger partial charge in [0.05, 0.1) is 0 Å². The Bertz CT molecular complexity index is 420. The Kier molecular flexibility index (Phi) is 7.06. The van der Waals surface area contributed by atoms with Crippen molar-refractivity contribution in [3.8, 4) is 0 Å². The second-order valence-corrected chi connectivity index (χ2v) is 5.13. The summed E-state index contributed by atoms with van der Waals surface area (Å²) in [6, 6.07) is 1.36. The summed E-state index contributed by atoms with van der Waals surface area (Å²) in [4.78, 5) is 0. The third kappa shape index (κ3) is 4.23. The average Bonchev–Trinajstić information content (AvgIpc) is 2.42. The van der Waals surface area contributed by atoms with Gasteiger partial charge in [-0.15, -0.1) is 0 Å². The maximum Gasteiger partial charge on any atom is 0.161 e. The minimum Gasteiger partial charge on any atom is -0.310 e. The first kappa shape index (κ1) is 17.0. The summed E-state index contributed by atoms with van der Waals surface area (Å²) in [7, 11) is 0. The highest BCUT2D eigenvalue weighted by Crippen LogP contribution is 2.31. The standard InChI is InChI=1S/C16H24F3N/c1-4-7-8-11(5-2)16(20-6-3)12-9-14(18)15(19)10-13(12)17/h9-11,16,20H,4-8H2,1-3H3. The smallest absolute Gasteiger partial charge is 0.161 e. The summed E-state index contributed by atoms with van der Waals surface area (Å²) in [5, 5.41) is 3.22. The Labute approximate surface area is 119 Å². The molecule has 20 heavy (non-hydrogen) atoms. The van der Waals surface area contributed by atoms with Crippen LogP contribution < -0.4 is 5.32 Å². The molecule has 1 N–H and O–H groups in total. The number of nitrogens with one attached hydrogen (secondary N) is 1. The quantitative estimate of drug-likeness (QED) is 0.666. The molecule has 2 unspecified atom stereocenters. The zero-order chi connectivity index (χ0) is 15.1. The molecule has 0 heterocycles. The Morgan fingerprint density at radius 2 is 1.65 bits per heavy atom. The Hall–Kier alpha value is -1.03. The molecular weight excluding hydrogens is 263 g/mol. The van der Waals surface area contributed by atoms with E-state index in [0.29, 0.717) is 12.6 Å². The van der Waals surface area contributed by atoms with Crippen LogP contribution in [0.3, 0.4) is 0 Å². The number of benzene rings is 1. The molecule has 0 aliphatic heterocycles. The molecule has 1 aromatic carbocycles. The summed E-state index contributed by atoms with van der Waals surface area (Å²) in [6.07, 6.45) is 3.93. The van der Waals surface area contributed by atoms with Gasteiger partial charge in [0.1, 0.15) is 5.82 Å². The molecule has 0 saturated carbocycles. The highest BCUT2D eigenvalue weighted by molar-refractivity contribution is 5.24. The first-order valence-electron chi connectivity index (χ1n) is 7.42. The molecule has 1 rings (SSSR count). The maximum absolute atomic E-state index is 14.0. The molecule has 0 aromatic heterocycles. The van der Waals surface area contributed by atoms with Crippen molar-refractivity contribution in [2.24, 2.45) is 5.92 Å². The van der Waals surface area contributed by atoms with Gasteiger partial charge in [0.25, 0.3) is 0 Å². The van der Waals surface area contributed by atoms with E-state index in [1.807, 2.05) is 13.8 Å². The van der Waals surface area contributed by atoms with Crippen molar-refractivity contribution in [1.29, 1.82) is 0 Å². The molecule has 1 aromatic rings. The van der Waals surface area contributed by atoms with E-state index in [1.54, 1.807) is 0 Å². The highest BCUT2D eigenvalue weighted by atomic mass is 19.2. The van der Waals surface area contributed by atoms with Crippen molar-refractivity contribution >= 4 is 0 Å². The van der Waals surface area contributed by atoms with Gasteiger partial charge in [-0.2, -0.15) is 0 Å². The number of rotatable bonds is 8.